The predicted molar refractivity (Wildman–Crippen MR) is 112 cm³/mol. The second kappa shape index (κ2) is 7.64. The van der Waals surface area contributed by atoms with Gasteiger partial charge in [-0.15, -0.1) is 0 Å². The first-order valence-corrected chi connectivity index (χ1v) is 9.71. The van der Waals surface area contributed by atoms with E-state index < -0.39 is 0 Å². The van der Waals surface area contributed by atoms with Crippen molar-refractivity contribution in [2.45, 2.75) is 26.3 Å². The van der Waals surface area contributed by atoms with Gasteiger partial charge in [-0.05, 0) is 49.6 Å². The number of aryl methyl sites for hydroxylation is 1. The van der Waals surface area contributed by atoms with Crippen LogP contribution in [0.1, 0.15) is 18.4 Å². The lowest BCUT2D eigenvalue weighted by atomic mass is 10.2. The van der Waals surface area contributed by atoms with E-state index in [9.17, 15) is 9.59 Å². The second-order valence-corrected chi connectivity index (χ2v) is 7.43. The van der Waals surface area contributed by atoms with Gasteiger partial charge in [0.25, 0.3) is 5.56 Å². The molecule has 0 radical (unpaired) electrons. The molecule has 1 aliphatic heterocycles. The Bertz CT molecular complexity index is 1100. The van der Waals surface area contributed by atoms with Crippen LogP contribution in [0, 0.1) is 6.92 Å². The molecule has 4 rings (SSSR count). The summed E-state index contributed by atoms with van der Waals surface area (Å²) in [5.41, 5.74) is 2.65. The van der Waals surface area contributed by atoms with E-state index in [1.807, 2.05) is 42.2 Å². The summed E-state index contributed by atoms with van der Waals surface area (Å²) in [5, 5.41) is 3.41. The van der Waals surface area contributed by atoms with E-state index in [1.165, 1.54) is 4.57 Å². The fraction of sp³-hybridized carbons (Fsp3) is 0.286. The predicted octanol–water partition coefficient (Wildman–Crippen LogP) is 3.60. The number of carbonyl (C=O) groups excluding carboxylic acids is 1. The van der Waals surface area contributed by atoms with Crippen LogP contribution in [0.5, 0.6) is 0 Å². The summed E-state index contributed by atoms with van der Waals surface area (Å²) in [6.45, 7) is 3.44. The normalized spacial score (nSPS) is 13.9. The van der Waals surface area contributed by atoms with E-state index >= 15 is 0 Å². The number of carbonyl (C=O) groups is 1. The van der Waals surface area contributed by atoms with Crippen LogP contribution >= 0.6 is 11.6 Å². The number of halogens is 1. The molecule has 2 aromatic carbocycles. The first-order chi connectivity index (χ1) is 13.5. The fourth-order valence-electron chi connectivity index (χ4n) is 3.49. The lowest BCUT2D eigenvalue weighted by Gasteiger charge is -2.19. The highest BCUT2D eigenvalue weighted by Gasteiger charge is 2.21. The van der Waals surface area contributed by atoms with E-state index in [0.717, 1.165) is 31.5 Å². The van der Waals surface area contributed by atoms with E-state index in [1.54, 1.807) is 12.1 Å². The van der Waals surface area contributed by atoms with Gasteiger partial charge in [0, 0.05) is 23.8 Å². The number of nitrogens with zero attached hydrogens (tertiary/aromatic N) is 3. The molecule has 0 bridgehead atoms. The van der Waals surface area contributed by atoms with Crippen LogP contribution in [0.4, 0.5) is 11.5 Å². The first kappa shape index (κ1) is 18.5. The average molecular weight is 397 g/mol. The van der Waals surface area contributed by atoms with Crippen molar-refractivity contribution in [2.75, 3.05) is 23.3 Å². The van der Waals surface area contributed by atoms with Crippen molar-refractivity contribution in [3.05, 3.63) is 63.4 Å². The molecular weight excluding hydrogens is 376 g/mol. The lowest BCUT2D eigenvalue weighted by molar-refractivity contribution is -0.116. The van der Waals surface area contributed by atoms with E-state index in [4.69, 9.17) is 11.6 Å². The van der Waals surface area contributed by atoms with Crippen LogP contribution in [0.3, 0.4) is 0 Å². The molecule has 1 aromatic heterocycles. The Morgan fingerprint density at radius 3 is 2.68 bits per heavy atom. The Balaban J connectivity index is 1.68. The largest absolute Gasteiger partial charge is 0.352 e. The van der Waals surface area contributed by atoms with Crippen molar-refractivity contribution < 1.29 is 4.79 Å². The van der Waals surface area contributed by atoms with Crippen molar-refractivity contribution in [2.24, 2.45) is 0 Å². The molecule has 1 amide bonds. The van der Waals surface area contributed by atoms with Crippen LogP contribution in [-0.2, 0) is 11.3 Å². The number of rotatable bonds is 4. The molecule has 0 atom stereocenters. The zero-order chi connectivity index (χ0) is 19.7. The topological polar surface area (TPSA) is 67.2 Å². The van der Waals surface area contributed by atoms with Crippen molar-refractivity contribution >= 4 is 40.0 Å². The van der Waals surface area contributed by atoms with Crippen molar-refractivity contribution in [1.29, 1.82) is 0 Å². The number of fused-ring (bicyclic) bond motifs is 1. The number of hydrogen-bond acceptors (Lipinski definition) is 4. The summed E-state index contributed by atoms with van der Waals surface area (Å²) in [6, 6.07) is 12.7. The van der Waals surface area contributed by atoms with E-state index in [-0.39, 0.29) is 18.0 Å². The number of para-hydroxylation sites is 2. The third-order valence-electron chi connectivity index (χ3n) is 5.00. The number of benzene rings is 2. The molecule has 0 saturated carbocycles. The van der Waals surface area contributed by atoms with E-state index in [2.05, 4.69) is 10.3 Å². The number of hydrogen-bond donors (Lipinski definition) is 1. The van der Waals surface area contributed by atoms with E-state index in [0.29, 0.717) is 27.6 Å². The zero-order valence-corrected chi connectivity index (χ0v) is 16.4. The molecule has 1 aliphatic rings. The third kappa shape index (κ3) is 3.60. The Labute approximate surface area is 167 Å². The minimum absolute atomic E-state index is 0.0891. The van der Waals surface area contributed by atoms with Gasteiger partial charge in [0.15, 0.2) is 5.82 Å². The maximum absolute atomic E-state index is 13.1. The van der Waals surface area contributed by atoms with Gasteiger partial charge in [-0.3, -0.25) is 14.2 Å². The molecule has 1 N–H and O–H groups in total. The molecule has 1 fully saturated rings. The molecular formula is C21H21ClN4O2. The summed E-state index contributed by atoms with van der Waals surface area (Å²) in [4.78, 5) is 32.3. The molecule has 6 nitrogen and oxygen atoms in total. The number of anilines is 2. The highest BCUT2D eigenvalue weighted by Crippen LogP contribution is 2.21. The molecule has 0 spiro atoms. The lowest BCUT2D eigenvalue weighted by Crippen LogP contribution is -2.34. The molecule has 2 heterocycles. The van der Waals surface area contributed by atoms with Gasteiger partial charge < -0.3 is 10.2 Å². The van der Waals surface area contributed by atoms with Gasteiger partial charge in [0.1, 0.15) is 6.54 Å². The zero-order valence-electron chi connectivity index (χ0n) is 15.6. The highest BCUT2D eigenvalue weighted by atomic mass is 35.5. The van der Waals surface area contributed by atoms with Gasteiger partial charge >= 0.3 is 0 Å². The molecule has 28 heavy (non-hydrogen) atoms. The minimum Gasteiger partial charge on any atom is -0.352 e. The SMILES string of the molecule is Cc1ccc(NC(=O)Cn2c(=O)c(N3CCCC3)nc3ccccc32)cc1Cl. The highest BCUT2D eigenvalue weighted by molar-refractivity contribution is 6.31. The average Bonchev–Trinajstić information content (AvgIpc) is 3.21. The summed E-state index contributed by atoms with van der Waals surface area (Å²) in [7, 11) is 0. The van der Waals surface area contributed by atoms with Crippen LogP contribution < -0.4 is 15.8 Å². The Kier molecular flexibility index (Phi) is 5.05. The molecule has 1 saturated heterocycles. The van der Waals surface area contributed by atoms with Gasteiger partial charge in [0.05, 0.1) is 11.0 Å². The Morgan fingerprint density at radius 1 is 1.18 bits per heavy atom. The Morgan fingerprint density at radius 2 is 1.93 bits per heavy atom. The van der Waals surface area contributed by atoms with Gasteiger partial charge in [-0.2, -0.15) is 0 Å². The maximum Gasteiger partial charge on any atom is 0.294 e. The van der Waals surface area contributed by atoms with Crippen molar-refractivity contribution in [3.63, 3.8) is 0 Å². The van der Waals surface area contributed by atoms with Gasteiger partial charge in [-0.1, -0.05) is 29.8 Å². The quantitative estimate of drug-likeness (QED) is 0.731. The molecule has 0 aliphatic carbocycles. The smallest absolute Gasteiger partial charge is 0.294 e. The maximum atomic E-state index is 13.1. The number of nitrogens with one attached hydrogen (secondary N) is 1. The molecule has 7 heteroatoms. The summed E-state index contributed by atoms with van der Waals surface area (Å²) < 4.78 is 1.50. The number of aromatic nitrogens is 2. The van der Waals surface area contributed by atoms with Crippen LogP contribution in [0.15, 0.2) is 47.3 Å². The van der Waals surface area contributed by atoms with Gasteiger partial charge in [-0.25, -0.2) is 4.98 Å². The molecule has 3 aromatic rings. The van der Waals surface area contributed by atoms with Crippen LogP contribution in [-0.4, -0.2) is 28.5 Å². The summed E-state index contributed by atoms with van der Waals surface area (Å²) in [6.07, 6.45) is 2.09. The van der Waals surface area contributed by atoms with Crippen LogP contribution in [0.25, 0.3) is 11.0 Å². The second-order valence-electron chi connectivity index (χ2n) is 7.02. The van der Waals surface area contributed by atoms with Crippen LogP contribution in [0.2, 0.25) is 5.02 Å². The Hall–Kier alpha value is -2.86. The first-order valence-electron chi connectivity index (χ1n) is 9.33. The summed E-state index contributed by atoms with van der Waals surface area (Å²) >= 11 is 6.13. The third-order valence-corrected chi connectivity index (χ3v) is 5.41. The molecule has 144 valence electrons. The summed E-state index contributed by atoms with van der Waals surface area (Å²) in [5.74, 6) is 0.133. The standard InChI is InChI=1S/C21H21ClN4O2/c1-14-8-9-15(12-16(14)22)23-19(27)13-26-18-7-3-2-6-17(18)24-20(21(26)28)25-10-4-5-11-25/h2-3,6-9,12H,4-5,10-11,13H2,1H3,(H,23,27). The van der Waals surface area contributed by atoms with Crippen molar-refractivity contribution in [3.8, 4) is 0 Å². The van der Waals surface area contributed by atoms with Gasteiger partial charge in [0.2, 0.25) is 5.91 Å². The monoisotopic (exact) mass is 396 g/mol. The number of amides is 1. The minimum atomic E-state index is -0.286. The molecule has 0 unspecified atom stereocenters. The van der Waals surface area contributed by atoms with Crippen molar-refractivity contribution in [1.82, 2.24) is 9.55 Å². The fourth-order valence-corrected chi connectivity index (χ4v) is 3.67.